The third-order valence-corrected chi connectivity index (χ3v) is 4.13. The molecule has 20 heavy (non-hydrogen) atoms. The Hall–Kier alpha value is -1.42. The second kappa shape index (κ2) is 6.35. The smallest absolute Gasteiger partial charge is 0.221 e. The zero-order chi connectivity index (χ0) is 14.6. The Morgan fingerprint density at radius 2 is 2.10 bits per heavy atom. The number of nitrogens with one attached hydrogen (secondary N) is 1. The third kappa shape index (κ3) is 4.04. The van der Waals surface area contributed by atoms with Crippen LogP contribution in [0.2, 0.25) is 0 Å². The minimum Gasteiger partial charge on any atom is -0.356 e. The largest absolute Gasteiger partial charge is 0.356 e. The third-order valence-electron chi connectivity index (χ3n) is 4.13. The molecule has 110 valence electrons. The molecule has 1 aromatic carbocycles. The number of carbonyl (C=O) groups excluding carboxylic acids is 1. The lowest BCUT2D eigenvalue weighted by atomic mass is 9.94. The Labute approximate surface area is 119 Å². The van der Waals surface area contributed by atoms with E-state index in [-0.39, 0.29) is 17.3 Å². The molecule has 0 heterocycles. The van der Waals surface area contributed by atoms with Crippen LogP contribution in [0.1, 0.15) is 43.2 Å². The van der Waals surface area contributed by atoms with Gasteiger partial charge in [-0.15, -0.1) is 0 Å². The normalized spacial score (nSPS) is 17.1. The summed E-state index contributed by atoms with van der Waals surface area (Å²) in [4.78, 5) is 11.9. The summed E-state index contributed by atoms with van der Waals surface area (Å²) < 4.78 is 13.0. The van der Waals surface area contributed by atoms with Gasteiger partial charge in [-0.25, -0.2) is 4.39 Å². The van der Waals surface area contributed by atoms with Crippen molar-refractivity contribution >= 4 is 5.91 Å². The van der Waals surface area contributed by atoms with E-state index in [1.54, 1.807) is 6.07 Å². The van der Waals surface area contributed by atoms with Crippen LogP contribution in [0.15, 0.2) is 18.2 Å². The number of halogens is 1. The van der Waals surface area contributed by atoms with E-state index in [2.05, 4.69) is 5.32 Å². The van der Waals surface area contributed by atoms with Gasteiger partial charge in [0.05, 0.1) is 0 Å². The zero-order valence-electron chi connectivity index (χ0n) is 12.0. The molecular formula is C16H23FN2O. The lowest BCUT2D eigenvalue weighted by Crippen LogP contribution is -2.42. The molecule has 0 radical (unpaired) electrons. The lowest BCUT2D eigenvalue weighted by molar-refractivity contribution is -0.122. The maximum Gasteiger partial charge on any atom is 0.221 e. The molecule has 0 aromatic heterocycles. The highest BCUT2D eigenvalue weighted by Gasteiger charge is 2.31. The highest BCUT2D eigenvalue weighted by Crippen LogP contribution is 2.29. The molecule has 4 heteroatoms. The number of hydrogen-bond acceptors (Lipinski definition) is 2. The van der Waals surface area contributed by atoms with Gasteiger partial charge in [0.2, 0.25) is 5.91 Å². The fraction of sp³-hybridized carbons (Fsp3) is 0.562. The molecule has 1 fully saturated rings. The summed E-state index contributed by atoms with van der Waals surface area (Å²) >= 11 is 0. The first-order valence-corrected chi connectivity index (χ1v) is 7.29. The monoisotopic (exact) mass is 278 g/mol. The molecule has 1 aromatic rings. The molecular weight excluding hydrogens is 255 g/mol. The summed E-state index contributed by atoms with van der Waals surface area (Å²) in [6.45, 7) is 2.45. The molecule has 3 nitrogen and oxygen atoms in total. The van der Waals surface area contributed by atoms with Crippen LogP contribution < -0.4 is 11.1 Å². The van der Waals surface area contributed by atoms with Gasteiger partial charge in [0.25, 0.3) is 0 Å². The van der Waals surface area contributed by atoms with Crippen molar-refractivity contribution in [1.82, 2.24) is 5.32 Å². The summed E-state index contributed by atoms with van der Waals surface area (Å²) in [5.74, 6) is -0.198. The van der Waals surface area contributed by atoms with Crippen molar-refractivity contribution in [2.24, 2.45) is 5.73 Å². The minimum absolute atomic E-state index is 0.0224. The number of amides is 1. The summed E-state index contributed by atoms with van der Waals surface area (Å²) in [5, 5.41) is 2.91. The van der Waals surface area contributed by atoms with Gasteiger partial charge in [-0.05, 0) is 49.4 Å². The molecule has 0 spiro atoms. The van der Waals surface area contributed by atoms with E-state index in [1.807, 2.05) is 6.92 Å². The highest BCUT2D eigenvalue weighted by molar-refractivity contribution is 5.77. The Morgan fingerprint density at radius 1 is 1.40 bits per heavy atom. The number of hydrogen-bond donors (Lipinski definition) is 2. The van der Waals surface area contributed by atoms with E-state index >= 15 is 0 Å². The summed E-state index contributed by atoms with van der Waals surface area (Å²) in [7, 11) is 0. The zero-order valence-corrected chi connectivity index (χ0v) is 12.0. The first-order chi connectivity index (χ1) is 9.48. The Balaban J connectivity index is 1.76. The molecule has 1 aliphatic rings. The van der Waals surface area contributed by atoms with Crippen molar-refractivity contribution in [3.05, 3.63) is 35.1 Å². The number of carbonyl (C=O) groups is 1. The quantitative estimate of drug-likeness (QED) is 0.869. The average Bonchev–Trinajstić information content (AvgIpc) is 2.78. The fourth-order valence-electron chi connectivity index (χ4n) is 2.91. The topological polar surface area (TPSA) is 55.1 Å². The van der Waals surface area contributed by atoms with Crippen molar-refractivity contribution in [2.75, 3.05) is 6.54 Å². The van der Waals surface area contributed by atoms with E-state index in [0.717, 1.165) is 43.2 Å². The van der Waals surface area contributed by atoms with Gasteiger partial charge in [-0.1, -0.05) is 18.9 Å². The van der Waals surface area contributed by atoms with Gasteiger partial charge in [0, 0.05) is 18.5 Å². The van der Waals surface area contributed by atoms with E-state index < -0.39 is 0 Å². The van der Waals surface area contributed by atoms with Crippen molar-refractivity contribution in [2.45, 2.75) is 51.0 Å². The van der Waals surface area contributed by atoms with Crippen LogP contribution in [0.4, 0.5) is 4.39 Å². The Bertz CT molecular complexity index is 481. The molecule has 0 saturated heterocycles. The van der Waals surface area contributed by atoms with Crippen LogP contribution in [0.25, 0.3) is 0 Å². The molecule has 0 atom stereocenters. The number of benzene rings is 1. The van der Waals surface area contributed by atoms with E-state index in [9.17, 15) is 9.18 Å². The van der Waals surface area contributed by atoms with Crippen LogP contribution in [-0.2, 0) is 11.2 Å². The van der Waals surface area contributed by atoms with Gasteiger partial charge < -0.3 is 11.1 Å². The fourth-order valence-corrected chi connectivity index (χ4v) is 2.91. The van der Waals surface area contributed by atoms with Gasteiger partial charge in [0.1, 0.15) is 5.82 Å². The maximum absolute atomic E-state index is 13.0. The second-order valence-electron chi connectivity index (χ2n) is 5.92. The summed E-state index contributed by atoms with van der Waals surface area (Å²) in [5.41, 5.74) is 7.87. The van der Waals surface area contributed by atoms with Crippen molar-refractivity contribution in [1.29, 1.82) is 0 Å². The molecule has 0 aliphatic heterocycles. The lowest BCUT2D eigenvalue weighted by Gasteiger charge is -2.22. The standard InChI is InChI=1S/C16H23FN2O/c1-12-10-14(17)5-4-13(12)6-9-19-15(20)11-16(18)7-2-3-8-16/h4-5,10H,2-3,6-9,11,18H2,1H3,(H,19,20). The first-order valence-electron chi connectivity index (χ1n) is 7.29. The molecule has 1 saturated carbocycles. The Morgan fingerprint density at radius 3 is 2.75 bits per heavy atom. The van der Waals surface area contributed by atoms with Gasteiger partial charge >= 0.3 is 0 Å². The predicted molar refractivity (Wildman–Crippen MR) is 77.9 cm³/mol. The molecule has 3 N–H and O–H groups in total. The van der Waals surface area contributed by atoms with Gasteiger partial charge in [0.15, 0.2) is 0 Å². The number of aryl methyl sites for hydroxylation is 1. The van der Waals surface area contributed by atoms with E-state index in [4.69, 9.17) is 5.73 Å². The molecule has 0 bridgehead atoms. The van der Waals surface area contributed by atoms with Crippen LogP contribution in [0, 0.1) is 12.7 Å². The number of rotatable bonds is 5. The predicted octanol–water partition coefficient (Wildman–Crippen LogP) is 2.45. The Kier molecular flexibility index (Phi) is 4.76. The van der Waals surface area contributed by atoms with Gasteiger partial charge in [-0.2, -0.15) is 0 Å². The van der Waals surface area contributed by atoms with Crippen LogP contribution in [0.3, 0.4) is 0 Å². The summed E-state index contributed by atoms with van der Waals surface area (Å²) in [6, 6.07) is 4.75. The van der Waals surface area contributed by atoms with Crippen molar-refractivity contribution in [3.63, 3.8) is 0 Å². The number of nitrogens with two attached hydrogens (primary N) is 1. The molecule has 2 rings (SSSR count). The highest BCUT2D eigenvalue weighted by atomic mass is 19.1. The van der Waals surface area contributed by atoms with E-state index in [0.29, 0.717) is 13.0 Å². The van der Waals surface area contributed by atoms with Crippen LogP contribution >= 0.6 is 0 Å². The van der Waals surface area contributed by atoms with Crippen LogP contribution in [-0.4, -0.2) is 18.0 Å². The average molecular weight is 278 g/mol. The SMILES string of the molecule is Cc1cc(F)ccc1CCNC(=O)CC1(N)CCCC1. The minimum atomic E-state index is -0.296. The second-order valence-corrected chi connectivity index (χ2v) is 5.92. The summed E-state index contributed by atoms with van der Waals surface area (Å²) in [6.07, 6.45) is 5.26. The first kappa shape index (κ1) is 15.0. The van der Waals surface area contributed by atoms with Crippen molar-refractivity contribution in [3.8, 4) is 0 Å². The molecule has 1 amide bonds. The van der Waals surface area contributed by atoms with Crippen LogP contribution in [0.5, 0.6) is 0 Å². The molecule has 1 aliphatic carbocycles. The maximum atomic E-state index is 13.0. The van der Waals surface area contributed by atoms with E-state index in [1.165, 1.54) is 12.1 Å². The van der Waals surface area contributed by atoms with Gasteiger partial charge in [-0.3, -0.25) is 4.79 Å². The van der Waals surface area contributed by atoms with Crippen molar-refractivity contribution < 1.29 is 9.18 Å². The molecule has 0 unspecified atom stereocenters.